The maximum Gasteiger partial charge on any atom is 0.135 e. The van der Waals surface area contributed by atoms with Gasteiger partial charge in [-0.05, 0) is 26.0 Å². The number of hydrogen-bond donors (Lipinski definition) is 0. The first-order valence-electron chi connectivity index (χ1n) is 4.66. The summed E-state index contributed by atoms with van der Waals surface area (Å²) in [5, 5.41) is 1.02. The van der Waals surface area contributed by atoms with E-state index in [1.54, 1.807) is 35.8 Å². The number of thiazole rings is 1. The lowest BCUT2D eigenvalue weighted by Gasteiger charge is -1.88. The van der Waals surface area contributed by atoms with E-state index in [1.165, 1.54) is 9.75 Å². The predicted octanol–water partition coefficient (Wildman–Crippen LogP) is 3.31. The molecule has 4 heteroatoms. The van der Waals surface area contributed by atoms with Crippen molar-refractivity contribution in [3.63, 3.8) is 0 Å². The predicted molar refractivity (Wildman–Crippen MR) is 64.5 cm³/mol. The molecule has 2 aromatic heterocycles. The van der Waals surface area contributed by atoms with Crippen molar-refractivity contribution in [3.8, 4) is 9.88 Å². The minimum absolute atomic E-state index is 0.188. The molecule has 0 atom stereocenters. The molecule has 15 heavy (non-hydrogen) atoms. The molecule has 0 unspecified atom stereocenters. The van der Waals surface area contributed by atoms with E-state index in [0.29, 0.717) is 6.42 Å². The number of ketones is 1. The van der Waals surface area contributed by atoms with E-state index in [-0.39, 0.29) is 5.78 Å². The summed E-state index contributed by atoms with van der Waals surface area (Å²) in [6, 6.07) is 4.17. The van der Waals surface area contributed by atoms with Gasteiger partial charge in [-0.15, -0.1) is 22.7 Å². The van der Waals surface area contributed by atoms with Crippen molar-refractivity contribution in [3.05, 3.63) is 28.1 Å². The van der Waals surface area contributed by atoms with Gasteiger partial charge in [0.25, 0.3) is 0 Å². The van der Waals surface area contributed by atoms with E-state index in [9.17, 15) is 4.79 Å². The van der Waals surface area contributed by atoms with Crippen LogP contribution in [0.1, 0.15) is 16.7 Å². The fourth-order valence-electron chi connectivity index (χ4n) is 1.30. The molecule has 0 fully saturated rings. The largest absolute Gasteiger partial charge is 0.300 e. The molecule has 0 aliphatic carbocycles. The standard InChI is InChI=1S/C11H11NOS2/c1-7(13)5-9-6-12-11(15-9)10-4-3-8(2)14-10/h3-4,6H,5H2,1-2H3. The Balaban J connectivity index is 2.23. The summed E-state index contributed by atoms with van der Waals surface area (Å²) in [5.41, 5.74) is 0. The number of aryl methyl sites for hydroxylation is 1. The molecule has 78 valence electrons. The average molecular weight is 237 g/mol. The first-order valence-corrected chi connectivity index (χ1v) is 6.29. The van der Waals surface area contributed by atoms with Gasteiger partial charge in [0.15, 0.2) is 0 Å². The van der Waals surface area contributed by atoms with Gasteiger partial charge in [-0.3, -0.25) is 4.79 Å². The van der Waals surface area contributed by atoms with Gasteiger partial charge < -0.3 is 0 Å². The topological polar surface area (TPSA) is 30.0 Å². The Kier molecular flexibility index (Phi) is 2.98. The Bertz CT molecular complexity index is 484. The van der Waals surface area contributed by atoms with Crippen LogP contribution in [-0.4, -0.2) is 10.8 Å². The second-order valence-corrected chi connectivity index (χ2v) is 5.82. The molecule has 0 spiro atoms. The highest BCUT2D eigenvalue weighted by atomic mass is 32.1. The first kappa shape index (κ1) is 10.5. The van der Waals surface area contributed by atoms with Gasteiger partial charge in [0, 0.05) is 22.4 Å². The van der Waals surface area contributed by atoms with E-state index >= 15 is 0 Å². The van der Waals surface area contributed by atoms with Crippen molar-refractivity contribution in [2.45, 2.75) is 20.3 Å². The molecule has 0 aliphatic heterocycles. The van der Waals surface area contributed by atoms with Crippen molar-refractivity contribution in [2.24, 2.45) is 0 Å². The SMILES string of the molecule is CC(=O)Cc1cnc(-c2ccc(C)s2)s1. The molecule has 2 rings (SSSR count). The van der Waals surface area contributed by atoms with Crippen LogP contribution in [0.25, 0.3) is 9.88 Å². The zero-order chi connectivity index (χ0) is 10.8. The summed E-state index contributed by atoms with van der Waals surface area (Å²) in [6.07, 6.45) is 2.30. The highest BCUT2D eigenvalue weighted by Gasteiger charge is 2.07. The highest BCUT2D eigenvalue weighted by molar-refractivity contribution is 7.21. The summed E-state index contributed by atoms with van der Waals surface area (Å²) >= 11 is 3.34. The van der Waals surface area contributed by atoms with E-state index in [1.807, 2.05) is 0 Å². The number of Topliss-reactive ketones (excluding diaryl/α,β-unsaturated/α-hetero) is 1. The third kappa shape index (κ3) is 2.52. The first-order chi connectivity index (χ1) is 7.15. The molecule has 0 N–H and O–H groups in total. The van der Waals surface area contributed by atoms with Crippen LogP contribution in [0.4, 0.5) is 0 Å². The van der Waals surface area contributed by atoms with Crippen molar-refractivity contribution in [1.29, 1.82) is 0 Å². The zero-order valence-corrected chi connectivity index (χ0v) is 10.2. The number of rotatable bonds is 3. The summed E-state index contributed by atoms with van der Waals surface area (Å²) in [7, 11) is 0. The van der Waals surface area contributed by atoms with Crippen molar-refractivity contribution >= 4 is 28.5 Å². The minimum Gasteiger partial charge on any atom is -0.300 e. The van der Waals surface area contributed by atoms with Crippen LogP contribution in [0, 0.1) is 6.92 Å². The summed E-state index contributed by atoms with van der Waals surface area (Å²) in [4.78, 5) is 18.8. The van der Waals surface area contributed by atoms with Gasteiger partial charge in [0.2, 0.25) is 0 Å². The van der Waals surface area contributed by atoms with E-state index in [2.05, 4.69) is 24.0 Å². The van der Waals surface area contributed by atoms with Gasteiger partial charge in [-0.1, -0.05) is 0 Å². The minimum atomic E-state index is 0.188. The molecule has 0 amide bonds. The fraction of sp³-hybridized carbons (Fsp3) is 0.273. The van der Waals surface area contributed by atoms with Crippen molar-refractivity contribution < 1.29 is 4.79 Å². The Morgan fingerprint density at radius 1 is 1.40 bits per heavy atom. The molecule has 0 aliphatic rings. The number of carbonyl (C=O) groups excluding carboxylic acids is 1. The highest BCUT2D eigenvalue weighted by Crippen LogP contribution is 2.31. The van der Waals surface area contributed by atoms with Crippen molar-refractivity contribution in [1.82, 2.24) is 4.98 Å². The van der Waals surface area contributed by atoms with Gasteiger partial charge in [-0.25, -0.2) is 4.98 Å². The molecule has 2 heterocycles. The summed E-state index contributed by atoms with van der Waals surface area (Å²) in [6.45, 7) is 3.69. The number of thiophene rings is 1. The Morgan fingerprint density at radius 2 is 2.20 bits per heavy atom. The van der Waals surface area contributed by atoms with Crippen molar-refractivity contribution in [2.75, 3.05) is 0 Å². The lowest BCUT2D eigenvalue weighted by Crippen LogP contribution is -1.92. The zero-order valence-electron chi connectivity index (χ0n) is 8.61. The third-order valence-electron chi connectivity index (χ3n) is 1.93. The molecule has 2 aromatic rings. The maximum atomic E-state index is 10.9. The molecule has 0 saturated heterocycles. The molecule has 0 saturated carbocycles. The lowest BCUT2D eigenvalue weighted by atomic mass is 10.3. The van der Waals surface area contributed by atoms with E-state index < -0.39 is 0 Å². The van der Waals surface area contributed by atoms with Crippen LogP contribution >= 0.6 is 22.7 Å². The van der Waals surface area contributed by atoms with Gasteiger partial charge in [0.1, 0.15) is 10.8 Å². The summed E-state index contributed by atoms with van der Waals surface area (Å²) < 4.78 is 0. The van der Waals surface area contributed by atoms with E-state index in [4.69, 9.17) is 0 Å². The second kappa shape index (κ2) is 4.24. The number of nitrogens with zero attached hydrogens (tertiary/aromatic N) is 1. The second-order valence-electron chi connectivity index (χ2n) is 3.42. The number of hydrogen-bond acceptors (Lipinski definition) is 4. The third-order valence-corrected chi connectivity index (χ3v) is 4.10. The molecule has 2 nitrogen and oxygen atoms in total. The maximum absolute atomic E-state index is 10.9. The molecular formula is C11H11NOS2. The number of aromatic nitrogens is 1. The number of carbonyl (C=O) groups is 1. The van der Waals surface area contributed by atoms with Crippen LogP contribution in [0.3, 0.4) is 0 Å². The van der Waals surface area contributed by atoms with Crippen LogP contribution in [0.15, 0.2) is 18.3 Å². The Morgan fingerprint density at radius 3 is 2.80 bits per heavy atom. The lowest BCUT2D eigenvalue weighted by molar-refractivity contribution is -0.116. The van der Waals surface area contributed by atoms with Crippen LogP contribution in [0.2, 0.25) is 0 Å². The average Bonchev–Trinajstić information content (AvgIpc) is 2.72. The fourth-order valence-corrected chi connectivity index (χ4v) is 3.21. The smallest absolute Gasteiger partial charge is 0.135 e. The summed E-state index contributed by atoms with van der Waals surface area (Å²) in [5.74, 6) is 0.188. The van der Waals surface area contributed by atoms with Gasteiger partial charge >= 0.3 is 0 Å². The monoisotopic (exact) mass is 237 g/mol. The molecule has 0 radical (unpaired) electrons. The molecular weight excluding hydrogens is 226 g/mol. The van der Waals surface area contributed by atoms with Crippen LogP contribution in [-0.2, 0) is 11.2 Å². The van der Waals surface area contributed by atoms with E-state index in [0.717, 1.165) is 9.88 Å². The van der Waals surface area contributed by atoms with Crippen LogP contribution in [0.5, 0.6) is 0 Å². The molecule has 0 aromatic carbocycles. The van der Waals surface area contributed by atoms with Crippen LogP contribution < -0.4 is 0 Å². The molecule has 0 bridgehead atoms. The normalized spacial score (nSPS) is 10.5. The van der Waals surface area contributed by atoms with Gasteiger partial charge in [-0.2, -0.15) is 0 Å². The van der Waals surface area contributed by atoms with Gasteiger partial charge in [0.05, 0.1) is 4.88 Å². The quantitative estimate of drug-likeness (QED) is 0.819. The Labute approximate surface area is 96.6 Å². The Hall–Kier alpha value is -1.00.